The van der Waals surface area contributed by atoms with Crippen molar-refractivity contribution in [2.75, 3.05) is 13.7 Å². The SMILES string of the molecule is COc1c(Br)cccc1CN[C@H]1CCO[C@@H]1C. The highest BCUT2D eigenvalue weighted by Gasteiger charge is 2.23. The van der Waals surface area contributed by atoms with E-state index in [1.807, 2.05) is 12.1 Å². The summed E-state index contributed by atoms with van der Waals surface area (Å²) in [7, 11) is 1.70. The Morgan fingerprint density at radius 1 is 1.53 bits per heavy atom. The molecule has 0 radical (unpaired) electrons. The van der Waals surface area contributed by atoms with Crippen LogP contribution in [-0.2, 0) is 11.3 Å². The number of methoxy groups -OCH3 is 1. The molecule has 0 spiro atoms. The van der Waals surface area contributed by atoms with Gasteiger partial charge in [0.1, 0.15) is 5.75 Å². The molecule has 17 heavy (non-hydrogen) atoms. The number of halogens is 1. The number of hydrogen-bond acceptors (Lipinski definition) is 3. The van der Waals surface area contributed by atoms with E-state index in [9.17, 15) is 0 Å². The lowest BCUT2D eigenvalue weighted by Gasteiger charge is -2.17. The molecule has 4 heteroatoms. The third-order valence-corrected chi connectivity index (χ3v) is 3.81. The number of hydrogen-bond donors (Lipinski definition) is 1. The zero-order valence-electron chi connectivity index (χ0n) is 10.2. The Kier molecular flexibility index (Phi) is 4.42. The summed E-state index contributed by atoms with van der Waals surface area (Å²) in [6.45, 7) is 3.78. The minimum Gasteiger partial charge on any atom is -0.495 e. The van der Waals surface area contributed by atoms with E-state index in [-0.39, 0.29) is 0 Å². The molecule has 1 N–H and O–H groups in total. The standard InChI is InChI=1S/C13H18BrNO2/c1-9-12(6-7-17-9)15-8-10-4-3-5-11(14)13(10)16-2/h3-5,9,12,15H,6-8H2,1-2H3/t9-,12+/m1/s1. The molecule has 94 valence electrons. The lowest BCUT2D eigenvalue weighted by atomic mass is 10.1. The first-order valence-corrected chi connectivity index (χ1v) is 6.68. The molecule has 1 fully saturated rings. The predicted molar refractivity (Wildman–Crippen MR) is 71.4 cm³/mol. The number of para-hydroxylation sites is 1. The first-order chi connectivity index (χ1) is 8.22. The van der Waals surface area contributed by atoms with Gasteiger partial charge in [-0.05, 0) is 35.3 Å². The maximum atomic E-state index is 5.53. The third-order valence-electron chi connectivity index (χ3n) is 3.18. The predicted octanol–water partition coefficient (Wildman–Crippen LogP) is 2.72. The quantitative estimate of drug-likeness (QED) is 0.927. The summed E-state index contributed by atoms with van der Waals surface area (Å²) in [5, 5.41) is 3.52. The molecular weight excluding hydrogens is 282 g/mol. The van der Waals surface area contributed by atoms with E-state index in [0.717, 1.165) is 29.8 Å². The summed E-state index contributed by atoms with van der Waals surface area (Å²) in [5.41, 5.74) is 1.17. The fourth-order valence-corrected chi connectivity index (χ4v) is 2.73. The van der Waals surface area contributed by atoms with Crippen molar-refractivity contribution in [2.24, 2.45) is 0 Å². The fraction of sp³-hybridized carbons (Fsp3) is 0.538. The van der Waals surface area contributed by atoms with E-state index in [0.29, 0.717) is 12.1 Å². The third kappa shape index (κ3) is 3.00. The van der Waals surface area contributed by atoms with E-state index in [1.165, 1.54) is 5.56 Å². The van der Waals surface area contributed by atoms with Gasteiger partial charge < -0.3 is 14.8 Å². The highest BCUT2D eigenvalue weighted by molar-refractivity contribution is 9.10. The van der Waals surface area contributed by atoms with Crippen LogP contribution in [0.25, 0.3) is 0 Å². The summed E-state index contributed by atoms with van der Waals surface area (Å²) in [6, 6.07) is 6.54. The van der Waals surface area contributed by atoms with Crippen molar-refractivity contribution in [3.63, 3.8) is 0 Å². The van der Waals surface area contributed by atoms with Gasteiger partial charge in [0.2, 0.25) is 0 Å². The van der Waals surface area contributed by atoms with Gasteiger partial charge in [0.15, 0.2) is 0 Å². The summed E-state index contributed by atoms with van der Waals surface area (Å²) in [6.07, 6.45) is 1.38. The Bertz CT molecular complexity index is 384. The zero-order chi connectivity index (χ0) is 12.3. The molecule has 1 saturated heterocycles. The van der Waals surface area contributed by atoms with Crippen LogP contribution < -0.4 is 10.1 Å². The minimum atomic E-state index is 0.299. The number of benzene rings is 1. The molecule has 2 atom stereocenters. The summed E-state index contributed by atoms with van der Waals surface area (Å²) >= 11 is 3.50. The van der Waals surface area contributed by atoms with Gasteiger partial charge in [0.25, 0.3) is 0 Å². The van der Waals surface area contributed by atoms with Crippen LogP contribution in [0.4, 0.5) is 0 Å². The Balaban J connectivity index is 2.01. The van der Waals surface area contributed by atoms with Gasteiger partial charge in [-0.3, -0.25) is 0 Å². The second-order valence-corrected chi connectivity index (χ2v) is 5.14. The molecule has 1 aromatic carbocycles. The Labute approximate surface area is 111 Å². The molecule has 1 aliphatic rings. The van der Waals surface area contributed by atoms with Crippen LogP contribution >= 0.6 is 15.9 Å². The van der Waals surface area contributed by atoms with Crippen LogP contribution in [0.5, 0.6) is 5.75 Å². The minimum absolute atomic E-state index is 0.299. The summed E-state index contributed by atoms with van der Waals surface area (Å²) in [5.74, 6) is 0.909. The van der Waals surface area contributed by atoms with E-state index in [2.05, 4.69) is 34.2 Å². The fourth-order valence-electron chi connectivity index (χ4n) is 2.16. The zero-order valence-corrected chi connectivity index (χ0v) is 11.8. The molecule has 1 aromatic rings. The molecule has 1 heterocycles. The first kappa shape index (κ1) is 12.9. The Hall–Kier alpha value is -0.580. The van der Waals surface area contributed by atoms with Gasteiger partial charge >= 0.3 is 0 Å². The van der Waals surface area contributed by atoms with Crippen molar-refractivity contribution < 1.29 is 9.47 Å². The van der Waals surface area contributed by atoms with E-state index >= 15 is 0 Å². The molecule has 0 amide bonds. The lowest BCUT2D eigenvalue weighted by Crippen LogP contribution is -2.34. The first-order valence-electron chi connectivity index (χ1n) is 5.88. The largest absolute Gasteiger partial charge is 0.495 e. The molecular formula is C13H18BrNO2. The van der Waals surface area contributed by atoms with Crippen molar-refractivity contribution >= 4 is 15.9 Å². The topological polar surface area (TPSA) is 30.5 Å². The van der Waals surface area contributed by atoms with E-state index < -0.39 is 0 Å². The van der Waals surface area contributed by atoms with Crippen LogP contribution in [0.3, 0.4) is 0 Å². The van der Waals surface area contributed by atoms with Crippen molar-refractivity contribution in [1.29, 1.82) is 0 Å². The van der Waals surface area contributed by atoms with Crippen LogP contribution in [0.15, 0.2) is 22.7 Å². The monoisotopic (exact) mass is 299 g/mol. The normalized spacial score (nSPS) is 23.9. The Morgan fingerprint density at radius 2 is 2.35 bits per heavy atom. The highest BCUT2D eigenvalue weighted by atomic mass is 79.9. The number of rotatable bonds is 4. The van der Waals surface area contributed by atoms with Crippen molar-refractivity contribution in [3.05, 3.63) is 28.2 Å². The van der Waals surface area contributed by atoms with E-state index in [4.69, 9.17) is 9.47 Å². The summed E-state index contributed by atoms with van der Waals surface area (Å²) < 4.78 is 11.9. The lowest BCUT2D eigenvalue weighted by molar-refractivity contribution is 0.113. The smallest absolute Gasteiger partial charge is 0.137 e. The van der Waals surface area contributed by atoms with Gasteiger partial charge in [0.05, 0.1) is 17.7 Å². The van der Waals surface area contributed by atoms with Crippen molar-refractivity contribution in [1.82, 2.24) is 5.32 Å². The van der Waals surface area contributed by atoms with Crippen LogP contribution in [0.2, 0.25) is 0 Å². The second kappa shape index (κ2) is 5.85. The molecule has 0 aromatic heterocycles. The average Bonchev–Trinajstić information content (AvgIpc) is 2.72. The van der Waals surface area contributed by atoms with Crippen LogP contribution in [0, 0.1) is 0 Å². The Morgan fingerprint density at radius 3 is 3.00 bits per heavy atom. The molecule has 0 bridgehead atoms. The second-order valence-electron chi connectivity index (χ2n) is 4.28. The van der Waals surface area contributed by atoms with Crippen LogP contribution in [0.1, 0.15) is 18.9 Å². The number of ether oxygens (including phenoxy) is 2. The maximum absolute atomic E-state index is 5.53. The van der Waals surface area contributed by atoms with Gasteiger partial charge in [-0.2, -0.15) is 0 Å². The van der Waals surface area contributed by atoms with Gasteiger partial charge in [-0.15, -0.1) is 0 Å². The molecule has 0 aliphatic carbocycles. The molecule has 2 rings (SSSR count). The van der Waals surface area contributed by atoms with Gasteiger partial charge in [0, 0.05) is 24.8 Å². The van der Waals surface area contributed by atoms with Crippen LogP contribution in [-0.4, -0.2) is 25.9 Å². The van der Waals surface area contributed by atoms with Crippen molar-refractivity contribution in [2.45, 2.75) is 32.0 Å². The van der Waals surface area contributed by atoms with Gasteiger partial charge in [-0.1, -0.05) is 12.1 Å². The van der Waals surface area contributed by atoms with Crippen molar-refractivity contribution in [3.8, 4) is 5.75 Å². The maximum Gasteiger partial charge on any atom is 0.137 e. The highest BCUT2D eigenvalue weighted by Crippen LogP contribution is 2.28. The molecule has 0 unspecified atom stereocenters. The average molecular weight is 300 g/mol. The molecule has 3 nitrogen and oxygen atoms in total. The van der Waals surface area contributed by atoms with E-state index in [1.54, 1.807) is 7.11 Å². The van der Waals surface area contributed by atoms with Gasteiger partial charge in [-0.25, -0.2) is 0 Å². The summed E-state index contributed by atoms with van der Waals surface area (Å²) in [4.78, 5) is 0. The molecule has 0 saturated carbocycles. The molecule has 1 aliphatic heterocycles. The number of nitrogens with one attached hydrogen (secondary N) is 1.